The maximum Gasteiger partial charge on any atom is 0.0933 e. The molecule has 18 heavy (non-hydrogen) atoms. The molecule has 0 saturated carbocycles. The molecule has 1 aromatic rings. The summed E-state index contributed by atoms with van der Waals surface area (Å²) in [5, 5.41) is 3.89. The van der Waals surface area contributed by atoms with Crippen LogP contribution in [0.1, 0.15) is 5.56 Å². The first-order valence-electron chi connectivity index (χ1n) is 6.56. The Morgan fingerprint density at radius 2 is 2.28 bits per heavy atom. The lowest BCUT2D eigenvalue weighted by atomic mass is 10.1. The Morgan fingerprint density at radius 3 is 3.11 bits per heavy atom. The lowest BCUT2D eigenvalue weighted by molar-refractivity contribution is -0.0308. The minimum absolute atomic E-state index is 0.229. The van der Waals surface area contributed by atoms with Crippen molar-refractivity contribution in [1.29, 1.82) is 0 Å². The third-order valence-electron chi connectivity index (χ3n) is 3.33. The highest BCUT2D eigenvalue weighted by molar-refractivity contribution is 8.00. The molecule has 2 aliphatic rings. The standard InChI is InChI=1S/C14H19NO2S/c1-2-4-14-11(3-1)7-13(18-14)10-16-9-12-8-15-5-6-17-12/h1-4,12-13,15H,5-10H2. The lowest BCUT2D eigenvalue weighted by Crippen LogP contribution is -2.41. The molecule has 2 unspecified atom stereocenters. The van der Waals surface area contributed by atoms with E-state index in [1.165, 1.54) is 10.5 Å². The van der Waals surface area contributed by atoms with Gasteiger partial charge >= 0.3 is 0 Å². The summed E-state index contributed by atoms with van der Waals surface area (Å²) >= 11 is 1.94. The predicted molar refractivity (Wildman–Crippen MR) is 73.2 cm³/mol. The van der Waals surface area contributed by atoms with E-state index in [-0.39, 0.29) is 6.10 Å². The van der Waals surface area contributed by atoms with Gasteiger partial charge < -0.3 is 14.8 Å². The second kappa shape index (κ2) is 6.06. The number of hydrogen-bond donors (Lipinski definition) is 1. The van der Waals surface area contributed by atoms with Gasteiger partial charge in [0.05, 0.1) is 25.9 Å². The van der Waals surface area contributed by atoms with E-state index in [2.05, 4.69) is 29.6 Å². The van der Waals surface area contributed by atoms with Gasteiger partial charge in [0.1, 0.15) is 0 Å². The molecule has 0 radical (unpaired) electrons. The molecule has 98 valence electrons. The molecule has 2 aliphatic heterocycles. The van der Waals surface area contributed by atoms with E-state index < -0.39 is 0 Å². The van der Waals surface area contributed by atoms with Crippen LogP contribution >= 0.6 is 11.8 Å². The number of nitrogens with one attached hydrogen (secondary N) is 1. The van der Waals surface area contributed by atoms with E-state index in [0.717, 1.165) is 32.7 Å². The predicted octanol–water partition coefficient (Wildman–Crippen LogP) is 1.71. The van der Waals surface area contributed by atoms with Gasteiger partial charge in [-0.3, -0.25) is 0 Å². The molecule has 0 aromatic heterocycles. The number of benzene rings is 1. The molecule has 2 heterocycles. The zero-order valence-corrected chi connectivity index (χ0v) is 11.2. The third kappa shape index (κ3) is 3.06. The van der Waals surface area contributed by atoms with Gasteiger partial charge in [0, 0.05) is 23.2 Å². The van der Waals surface area contributed by atoms with Crippen molar-refractivity contribution in [3.63, 3.8) is 0 Å². The SMILES string of the molecule is c1ccc2c(c1)CC(COCC1CNCCO1)S2. The molecule has 0 spiro atoms. The van der Waals surface area contributed by atoms with Gasteiger partial charge in [0.15, 0.2) is 0 Å². The average molecular weight is 265 g/mol. The fraction of sp³-hybridized carbons (Fsp3) is 0.571. The highest BCUT2D eigenvalue weighted by Gasteiger charge is 2.22. The number of thioether (sulfide) groups is 1. The first-order valence-corrected chi connectivity index (χ1v) is 7.44. The molecular formula is C14H19NO2S. The Kier molecular flexibility index (Phi) is 4.20. The van der Waals surface area contributed by atoms with Crippen molar-refractivity contribution in [3.8, 4) is 0 Å². The van der Waals surface area contributed by atoms with Crippen LogP contribution in [0.3, 0.4) is 0 Å². The number of hydrogen-bond acceptors (Lipinski definition) is 4. The Hall–Kier alpha value is -0.550. The molecule has 0 amide bonds. The summed E-state index contributed by atoms with van der Waals surface area (Å²) in [6, 6.07) is 8.64. The van der Waals surface area contributed by atoms with Crippen LogP contribution < -0.4 is 5.32 Å². The van der Waals surface area contributed by atoms with Gasteiger partial charge in [-0.15, -0.1) is 11.8 Å². The summed E-state index contributed by atoms with van der Waals surface area (Å²) in [6.07, 6.45) is 1.36. The summed E-state index contributed by atoms with van der Waals surface area (Å²) < 4.78 is 11.4. The average Bonchev–Trinajstić information content (AvgIpc) is 2.82. The van der Waals surface area contributed by atoms with Crippen LogP contribution in [0.25, 0.3) is 0 Å². The minimum atomic E-state index is 0.229. The number of rotatable bonds is 4. The van der Waals surface area contributed by atoms with Crippen LogP contribution in [0.4, 0.5) is 0 Å². The molecule has 3 rings (SSSR count). The number of morpholine rings is 1. The first-order chi connectivity index (χ1) is 8.92. The Balaban J connectivity index is 1.40. The summed E-state index contributed by atoms with van der Waals surface area (Å²) in [4.78, 5) is 1.42. The van der Waals surface area contributed by atoms with E-state index in [4.69, 9.17) is 9.47 Å². The van der Waals surface area contributed by atoms with E-state index >= 15 is 0 Å². The maximum absolute atomic E-state index is 5.80. The van der Waals surface area contributed by atoms with E-state index in [9.17, 15) is 0 Å². The van der Waals surface area contributed by atoms with Crippen LogP contribution in [0.15, 0.2) is 29.2 Å². The molecule has 1 aromatic carbocycles. The van der Waals surface area contributed by atoms with Gasteiger partial charge in [0.25, 0.3) is 0 Å². The third-order valence-corrected chi connectivity index (χ3v) is 4.61. The van der Waals surface area contributed by atoms with Gasteiger partial charge in [-0.25, -0.2) is 0 Å². The van der Waals surface area contributed by atoms with Crippen molar-refractivity contribution >= 4 is 11.8 Å². The summed E-state index contributed by atoms with van der Waals surface area (Å²) in [5.41, 5.74) is 1.46. The normalized spacial score (nSPS) is 27.1. The fourth-order valence-electron chi connectivity index (χ4n) is 2.40. The highest BCUT2D eigenvalue weighted by Crippen LogP contribution is 2.36. The number of ether oxygens (including phenoxy) is 2. The van der Waals surface area contributed by atoms with Gasteiger partial charge in [-0.2, -0.15) is 0 Å². The van der Waals surface area contributed by atoms with Crippen molar-refractivity contribution in [2.45, 2.75) is 22.7 Å². The summed E-state index contributed by atoms with van der Waals surface area (Å²) in [7, 11) is 0. The quantitative estimate of drug-likeness (QED) is 0.898. The van der Waals surface area contributed by atoms with E-state index in [0.29, 0.717) is 11.9 Å². The van der Waals surface area contributed by atoms with Crippen molar-refractivity contribution in [2.75, 3.05) is 32.9 Å². The first kappa shape index (κ1) is 12.5. The highest BCUT2D eigenvalue weighted by atomic mass is 32.2. The molecule has 1 fully saturated rings. The molecule has 0 aliphatic carbocycles. The Bertz CT molecular complexity index is 368. The number of fused-ring (bicyclic) bond motifs is 1. The molecule has 1 N–H and O–H groups in total. The van der Waals surface area contributed by atoms with Gasteiger partial charge in [-0.05, 0) is 18.1 Å². The second-order valence-corrected chi connectivity index (χ2v) is 6.13. The van der Waals surface area contributed by atoms with Crippen molar-refractivity contribution in [2.24, 2.45) is 0 Å². The second-order valence-electron chi connectivity index (χ2n) is 4.79. The van der Waals surface area contributed by atoms with E-state index in [1.54, 1.807) is 0 Å². The summed E-state index contributed by atoms with van der Waals surface area (Å²) in [5.74, 6) is 0. The molecule has 4 heteroatoms. The smallest absolute Gasteiger partial charge is 0.0933 e. The van der Waals surface area contributed by atoms with Crippen LogP contribution in [-0.2, 0) is 15.9 Å². The topological polar surface area (TPSA) is 30.5 Å². The summed E-state index contributed by atoms with van der Waals surface area (Å²) in [6.45, 7) is 4.21. The van der Waals surface area contributed by atoms with Crippen molar-refractivity contribution in [1.82, 2.24) is 5.32 Å². The molecule has 3 nitrogen and oxygen atoms in total. The zero-order valence-electron chi connectivity index (χ0n) is 10.4. The molecule has 0 bridgehead atoms. The van der Waals surface area contributed by atoms with Gasteiger partial charge in [-0.1, -0.05) is 18.2 Å². The van der Waals surface area contributed by atoms with Crippen LogP contribution in [0, 0.1) is 0 Å². The van der Waals surface area contributed by atoms with Gasteiger partial charge in [0.2, 0.25) is 0 Å². The van der Waals surface area contributed by atoms with Crippen LogP contribution in [-0.4, -0.2) is 44.3 Å². The zero-order chi connectivity index (χ0) is 12.2. The lowest BCUT2D eigenvalue weighted by Gasteiger charge is -2.23. The molecule has 2 atom stereocenters. The fourth-order valence-corrected chi connectivity index (χ4v) is 3.65. The largest absolute Gasteiger partial charge is 0.378 e. The maximum atomic E-state index is 5.80. The molecular weight excluding hydrogens is 246 g/mol. The Labute approximate surface area is 112 Å². The molecule has 1 saturated heterocycles. The van der Waals surface area contributed by atoms with Crippen molar-refractivity contribution < 1.29 is 9.47 Å². The Morgan fingerprint density at radius 1 is 1.33 bits per heavy atom. The monoisotopic (exact) mass is 265 g/mol. The van der Waals surface area contributed by atoms with Crippen molar-refractivity contribution in [3.05, 3.63) is 29.8 Å². The van der Waals surface area contributed by atoms with E-state index in [1.807, 2.05) is 11.8 Å². The van der Waals surface area contributed by atoms with Crippen LogP contribution in [0.2, 0.25) is 0 Å². The minimum Gasteiger partial charge on any atom is -0.378 e. The van der Waals surface area contributed by atoms with Crippen LogP contribution in [0.5, 0.6) is 0 Å².